The Morgan fingerprint density at radius 1 is 1.04 bits per heavy atom. The van der Waals surface area contributed by atoms with Crippen LogP contribution in [0.15, 0.2) is 10.9 Å². The molecule has 1 saturated carbocycles. The van der Waals surface area contributed by atoms with E-state index in [1.165, 1.54) is 24.8 Å². The highest BCUT2D eigenvalue weighted by molar-refractivity contribution is 5.94. The molecule has 5 heteroatoms. The van der Waals surface area contributed by atoms with Crippen LogP contribution in [0.5, 0.6) is 0 Å². The Balaban J connectivity index is 1.51. The molecule has 1 aromatic heterocycles. The van der Waals surface area contributed by atoms with Crippen LogP contribution in [-0.2, 0) is 12.8 Å². The number of hydrogen-bond acceptors (Lipinski definition) is 3. The van der Waals surface area contributed by atoms with Crippen LogP contribution in [0.3, 0.4) is 0 Å². The van der Waals surface area contributed by atoms with Crippen molar-refractivity contribution < 1.29 is 4.79 Å². The Bertz CT molecular complexity index is 655. The fourth-order valence-electron chi connectivity index (χ4n) is 3.91. The molecule has 0 aromatic carbocycles. The predicted molar refractivity (Wildman–Crippen MR) is 88.8 cm³/mol. The minimum Gasteiger partial charge on any atom is -0.336 e. The van der Waals surface area contributed by atoms with Crippen molar-refractivity contribution in [2.45, 2.75) is 51.0 Å². The lowest BCUT2D eigenvalue weighted by Crippen LogP contribution is -2.50. The Kier molecular flexibility index (Phi) is 3.97. The lowest BCUT2D eigenvalue weighted by Gasteiger charge is -2.34. The van der Waals surface area contributed by atoms with Crippen molar-refractivity contribution in [3.05, 3.63) is 33.2 Å². The van der Waals surface area contributed by atoms with Crippen LogP contribution in [0.1, 0.15) is 53.7 Å². The molecule has 2 fully saturated rings. The second-order valence-electron chi connectivity index (χ2n) is 7.14. The number of pyridine rings is 1. The third-order valence-corrected chi connectivity index (χ3v) is 5.48. The molecule has 1 N–H and O–H groups in total. The van der Waals surface area contributed by atoms with Crippen molar-refractivity contribution in [1.29, 1.82) is 0 Å². The van der Waals surface area contributed by atoms with Gasteiger partial charge in [-0.2, -0.15) is 0 Å². The summed E-state index contributed by atoms with van der Waals surface area (Å²) >= 11 is 0. The van der Waals surface area contributed by atoms with Gasteiger partial charge in [0.05, 0.1) is 0 Å². The molecule has 3 aliphatic rings. The molecule has 4 rings (SSSR count). The van der Waals surface area contributed by atoms with Crippen molar-refractivity contribution in [2.75, 3.05) is 26.2 Å². The average molecular weight is 315 g/mol. The number of H-pyrrole nitrogens is 1. The van der Waals surface area contributed by atoms with E-state index >= 15 is 0 Å². The van der Waals surface area contributed by atoms with Gasteiger partial charge in [0.2, 0.25) is 0 Å². The smallest absolute Gasteiger partial charge is 0.261 e. The van der Waals surface area contributed by atoms with E-state index in [-0.39, 0.29) is 11.5 Å². The summed E-state index contributed by atoms with van der Waals surface area (Å²) in [6, 6.07) is 2.62. The molecular weight excluding hydrogens is 290 g/mol. The minimum absolute atomic E-state index is 0.0891. The van der Waals surface area contributed by atoms with E-state index in [0.717, 1.165) is 63.6 Å². The number of carbonyl (C=O) groups excluding carboxylic acids is 1. The topological polar surface area (TPSA) is 56.4 Å². The molecule has 23 heavy (non-hydrogen) atoms. The number of piperazine rings is 1. The molecule has 0 bridgehead atoms. The molecular formula is C18H25N3O2. The maximum absolute atomic E-state index is 12.8. The summed E-state index contributed by atoms with van der Waals surface area (Å²) in [6.07, 6.45) is 7.98. The van der Waals surface area contributed by atoms with E-state index in [9.17, 15) is 9.59 Å². The fourth-order valence-corrected chi connectivity index (χ4v) is 3.91. The predicted octanol–water partition coefficient (Wildman–Crippen LogP) is 1.56. The second kappa shape index (κ2) is 6.11. The highest BCUT2D eigenvalue weighted by atomic mass is 16.2. The van der Waals surface area contributed by atoms with Crippen LogP contribution in [0.2, 0.25) is 0 Å². The average Bonchev–Trinajstić information content (AvgIpc) is 3.41. The number of carbonyl (C=O) groups is 1. The molecule has 5 nitrogen and oxygen atoms in total. The van der Waals surface area contributed by atoms with Crippen LogP contribution in [-0.4, -0.2) is 52.9 Å². The summed E-state index contributed by atoms with van der Waals surface area (Å²) in [6.45, 7) is 3.37. The van der Waals surface area contributed by atoms with E-state index in [1.807, 2.05) is 11.0 Å². The van der Waals surface area contributed by atoms with Gasteiger partial charge in [-0.25, -0.2) is 0 Å². The number of amides is 1. The summed E-state index contributed by atoms with van der Waals surface area (Å²) in [5.41, 5.74) is 2.34. The summed E-state index contributed by atoms with van der Waals surface area (Å²) in [5, 5.41) is 0. The van der Waals surface area contributed by atoms with Gasteiger partial charge in [-0.3, -0.25) is 14.5 Å². The number of fused-ring (bicyclic) bond motifs is 1. The number of aromatic amines is 1. The van der Waals surface area contributed by atoms with Gasteiger partial charge in [0.15, 0.2) is 0 Å². The molecule has 1 amide bonds. The van der Waals surface area contributed by atoms with Gasteiger partial charge in [-0.1, -0.05) is 6.42 Å². The quantitative estimate of drug-likeness (QED) is 0.843. The van der Waals surface area contributed by atoms with Crippen LogP contribution < -0.4 is 5.56 Å². The second-order valence-corrected chi connectivity index (χ2v) is 7.14. The third kappa shape index (κ3) is 3.07. The number of aryl methyl sites for hydroxylation is 2. The lowest BCUT2D eigenvalue weighted by atomic mass is 10.1. The zero-order valence-corrected chi connectivity index (χ0v) is 13.6. The zero-order valence-electron chi connectivity index (χ0n) is 13.6. The Hall–Kier alpha value is -1.62. The summed E-state index contributed by atoms with van der Waals surface area (Å²) < 4.78 is 0. The molecule has 124 valence electrons. The van der Waals surface area contributed by atoms with Crippen molar-refractivity contribution >= 4 is 5.91 Å². The number of nitrogens with zero attached hydrogens (tertiary/aromatic N) is 2. The van der Waals surface area contributed by atoms with E-state index in [4.69, 9.17) is 0 Å². The molecule has 2 aliphatic carbocycles. The van der Waals surface area contributed by atoms with Gasteiger partial charge in [0.1, 0.15) is 5.56 Å². The molecule has 0 spiro atoms. The first-order valence-corrected chi connectivity index (χ1v) is 9.01. The van der Waals surface area contributed by atoms with Gasteiger partial charge in [0.25, 0.3) is 11.5 Å². The third-order valence-electron chi connectivity index (χ3n) is 5.48. The monoisotopic (exact) mass is 315 g/mol. The van der Waals surface area contributed by atoms with Crippen LogP contribution in [0.25, 0.3) is 0 Å². The summed E-state index contributed by atoms with van der Waals surface area (Å²) in [4.78, 5) is 32.4. The van der Waals surface area contributed by atoms with Crippen LogP contribution in [0, 0.1) is 0 Å². The Labute approximate surface area is 136 Å². The molecule has 0 atom stereocenters. The zero-order chi connectivity index (χ0) is 15.8. The van der Waals surface area contributed by atoms with Gasteiger partial charge >= 0.3 is 0 Å². The number of nitrogens with one attached hydrogen (secondary N) is 1. The Morgan fingerprint density at radius 2 is 1.78 bits per heavy atom. The first kappa shape index (κ1) is 14.9. The molecule has 1 aromatic rings. The molecule has 0 radical (unpaired) electrons. The van der Waals surface area contributed by atoms with Crippen LogP contribution >= 0.6 is 0 Å². The Morgan fingerprint density at radius 3 is 2.52 bits per heavy atom. The highest BCUT2D eigenvalue weighted by Gasteiger charge is 2.33. The van der Waals surface area contributed by atoms with E-state index in [1.54, 1.807) is 0 Å². The normalized spacial score (nSPS) is 22.5. The van der Waals surface area contributed by atoms with E-state index in [0.29, 0.717) is 5.56 Å². The first-order valence-electron chi connectivity index (χ1n) is 9.01. The summed E-state index contributed by atoms with van der Waals surface area (Å²) in [5.74, 6) is -0.0891. The van der Waals surface area contributed by atoms with Crippen molar-refractivity contribution in [3.8, 4) is 0 Å². The van der Waals surface area contributed by atoms with Crippen molar-refractivity contribution in [3.63, 3.8) is 0 Å². The van der Waals surface area contributed by atoms with Gasteiger partial charge in [-0.05, 0) is 50.2 Å². The maximum atomic E-state index is 12.8. The number of aromatic nitrogens is 1. The largest absolute Gasteiger partial charge is 0.336 e. The molecule has 0 unspecified atom stereocenters. The van der Waals surface area contributed by atoms with E-state index < -0.39 is 0 Å². The fraction of sp³-hybridized carbons (Fsp3) is 0.667. The molecule has 2 heterocycles. The maximum Gasteiger partial charge on any atom is 0.261 e. The molecule has 1 aliphatic heterocycles. The SMILES string of the molecule is O=C(c1cc2c([nH]c1=O)CCCCC2)N1CCN(C2CC2)CC1. The van der Waals surface area contributed by atoms with Gasteiger partial charge in [-0.15, -0.1) is 0 Å². The lowest BCUT2D eigenvalue weighted by molar-refractivity contribution is 0.0625. The van der Waals surface area contributed by atoms with E-state index in [2.05, 4.69) is 9.88 Å². The van der Waals surface area contributed by atoms with Crippen molar-refractivity contribution in [2.24, 2.45) is 0 Å². The van der Waals surface area contributed by atoms with Crippen LogP contribution in [0.4, 0.5) is 0 Å². The molecule has 1 saturated heterocycles. The first-order chi connectivity index (χ1) is 11.2. The summed E-state index contributed by atoms with van der Waals surface area (Å²) in [7, 11) is 0. The highest BCUT2D eigenvalue weighted by Crippen LogP contribution is 2.27. The minimum atomic E-state index is -0.208. The van der Waals surface area contributed by atoms with Crippen molar-refractivity contribution in [1.82, 2.24) is 14.8 Å². The van der Waals surface area contributed by atoms with Gasteiger partial charge < -0.3 is 9.88 Å². The van der Waals surface area contributed by atoms with Gasteiger partial charge in [0, 0.05) is 37.9 Å². The number of rotatable bonds is 2. The standard InChI is InChI=1S/C18H25N3O2/c22-17-15(12-13-4-2-1-3-5-16(13)19-17)18(23)21-10-8-20(9-11-21)14-6-7-14/h12,14H,1-11H2,(H,19,22). The number of hydrogen-bond donors (Lipinski definition) is 1.